The maximum Gasteiger partial charge on any atom is 0.335 e. The molecule has 0 aliphatic carbocycles. The van der Waals surface area contributed by atoms with Crippen LogP contribution in [0.25, 0.3) is 50.2 Å². The topological polar surface area (TPSA) is 286 Å². The number of phenols is 3. The Kier molecular flexibility index (Phi) is 19.3. The van der Waals surface area contributed by atoms with Gasteiger partial charge >= 0.3 is 41.8 Å². The average molecular weight is 1360 g/mol. The minimum Gasteiger partial charge on any atom is -0.506 e. The highest BCUT2D eigenvalue weighted by molar-refractivity contribution is 5.89. The van der Waals surface area contributed by atoms with E-state index in [2.05, 4.69) is 40.5 Å². The molecule has 6 aromatic heterocycles. The van der Waals surface area contributed by atoms with Crippen molar-refractivity contribution in [2.75, 3.05) is 26.4 Å². The van der Waals surface area contributed by atoms with Crippen molar-refractivity contribution >= 4 is 74.9 Å². The highest BCUT2D eigenvalue weighted by Gasteiger charge is 2.33. The average Bonchev–Trinajstić information content (AvgIpc) is 1.53. The molecule has 12 rings (SSSR count). The Morgan fingerprint density at radius 2 is 0.848 bits per heavy atom. The fourth-order valence-electron chi connectivity index (χ4n) is 10.7. The minimum atomic E-state index is -0.614. The molecule has 0 atom stereocenters. The summed E-state index contributed by atoms with van der Waals surface area (Å²) in [5.74, 6) is -1.22. The number of carbonyl (C=O) groups excluding carboxylic acids is 7. The van der Waals surface area contributed by atoms with E-state index in [0.717, 1.165) is 72.7 Å². The predicted octanol–water partition coefficient (Wildman–Crippen LogP) is 11.4. The molecule has 0 aliphatic rings. The fraction of sp³-hybridized carbons (Fsp3) is 0.329. The van der Waals surface area contributed by atoms with Crippen molar-refractivity contribution in [3.8, 4) is 51.6 Å². The van der Waals surface area contributed by atoms with Gasteiger partial charge < -0.3 is 48.5 Å². The molecule has 0 unspecified atom stereocenters. The van der Waals surface area contributed by atoms with Crippen molar-refractivity contribution in [1.29, 1.82) is 0 Å². The molecule has 0 saturated heterocycles. The van der Waals surface area contributed by atoms with Gasteiger partial charge in [0.25, 0.3) is 0 Å². The van der Waals surface area contributed by atoms with Crippen LogP contribution in [-0.2, 0) is 76.2 Å². The zero-order valence-corrected chi connectivity index (χ0v) is 57.7. The molecule has 12 aromatic rings. The molecular weight excluding hydrogens is 1270 g/mol. The van der Waals surface area contributed by atoms with Gasteiger partial charge in [-0.3, -0.25) is 19.2 Å². The van der Waals surface area contributed by atoms with Crippen LogP contribution >= 0.6 is 0 Å². The van der Waals surface area contributed by atoms with Gasteiger partial charge in [0, 0.05) is 66.3 Å². The number of aryl methyl sites for hydroxylation is 3. The number of fused-ring (bicyclic) bond motifs is 12. The maximum absolute atomic E-state index is 12.3. The quantitative estimate of drug-likeness (QED) is 0.0198. The molecule has 26 heteroatoms. The Morgan fingerprint density at radius 3 is 1.28 bits per heavy atom. The van der Waals surface area contributed by atoms with Gasteiger partial charge in [-0.1, -0.05) is 79.5 Å². The summed E-state index contributed by atoms with van der Waals surface area (Å²) in [6, 6.07) is 29.0. The third-order valence-corrected chi connectivity index (χ3v) is 15.9. The molecule has 0 fully saturated rings. The van der Waals surface area contributed by atoms with Crippen molar-refractivity contribution in [1.82, 2.24) is 42.2 Å². The largest absolute Gasteiger partial charge is 0.506 e. The maximum atomic E-state index is 12.3. The summed E-state index contributed by atoms with van der Waals surface area (Å²) in [5, 5.41) is 32.5. The number of rotatable bonds is 21. The molecule has 6 aromatic carbocycles. The van der Waals surface area contributed by atoms with Crippen molar-refractivity contribution in [2.24, 2.45) is 5.41 Å². The fourth-order valence-corrected chi connectivity index (χ4v) is 10.7. The number of aromatic hydroxyl groups is 3. The summed E-state index contributed by atoms with van der Waals surface area (Å²) < 4.78 is 47.3. The summed E-state index contributed by atoms with van der Waals surface area (Å²) in [4.78, 5) is 87.4. The number of hydrogen-bond donors (Lipinski definition) is 3. The normalized spacial score (nSPS) is 11.9. The van der Waals surface area contributed by atoms with Crippen LogP contribution in [-0.4, -0.2) is 126 Å². The van der Waals surface area contributed by atoms with Crippen LogP contribution in [0.4, 0.5) is 0 Å². The lowest BCUT2D eigenvalue weighted by Crippen LogP contribution is -2.25. The summed E-state index contributed by atoms with van der Waals surface area (Å²) in [6.45, 7) is 34.4. The van der Waals surface area contributed by atoms with E-state index in [1.54, 1.807) is 94.0 Å². The van der Waals surface area contributed by atoms with Crippen LogP contribution < -0.4 is 14.2 Å². The van der Waals surface area contributed by atoms with Gasteiger partial charge in [0.05, 0.1) is 5.41 Å². The number of nitrogens with zero attached hydrogens (tertiary/aromatic N) is 9. The lowest BCUT2D eigenvalue weighted by atomic mass is 9.84. The first-order valence-corrected chi connectivity index (χ1v) is 31.9. The third-order valence-electron chi connectivity index (χ3n) is 15.9. The molecule has 0 saturated carbocycles. The van der Waals surface area contributed by atoms with E-state index in [0.29, 0.717) is 41.5 Å². The smallest absolute Gasteiger partial charge is 0.335 e. The summed E-state index contributed by atoms with van der Waals surface area (Å²) in [7, 11) is 0. The number of ether oxygens (including phenoxy) is 7. The molecular formula is C73H81N9O17. The number of aromatic nitrogens is 9. The second-order valence-electron chi connectivity index (χ2n) is 27.2. The standard InChI is InChI=1S/C27H31N3O7.C26H29N3O7.C20H21N3O3/c1-16(2)26(34)36-12-11-35-24(32)10-7-18-13-20(27(4,5)6)25(33)23(14-18)30-28-21-9-8-19(37-17(3)31)15-22(21)29(28)30;1-16(2)24(32)35-13-12-34-23(31)11-7-17-6-10-22(30)21(14-17)29-27-19-9-8-18(15-20(19)28(27)29)36-25(33)26(3,4)5;1-6-18(24)26-13-7-8-15-16(11-13)22-21(15)23(22)17-10-12(2)9-14(19(17)25)20(3,4)5/h8-9,13-15,33H,1,7,10-12H2,2-6H3;6,8-10,14-15,30H,1,7,11-13H2,2-5H3;6-11,25H,1H2,2-5H3. The van der Waals surface area contributed by atoms with E-state index in [9.17, 15) is 48.9 Å². The Morgan fingerprint density at radius 1 is 0.455 bits per heavy atom. The summed E-state index contributed by atoms with van der Waals surface area (Å²) in [5.41, 5.74) is 11.1. The second kappa shape index (κ2) is 27.1. The molecule has 3 N–H and O–H groups in total. The van der Waals surface area contributed by atoms with E-state index in [4.69, 9.17) is 33.2 Å². The SMILES string of the molecule is C=C(C)C(=O)OCCOC(=O)CCc1cc(-n2n3c4ccc(OC(C)=O)cc4n23)c(O)c(C(C)(C)C)c1.C=C(C)C(=O)OCCOC(=O)CCc1ccc(O)c(-n2n3c4ccc(OC(=O)C(C)(C)C)cc4n23)c1.C=CC(=O)Oc1ccc2c(c1)n1n(-c3cc(C)cc(C(C)(C)C)c3O)n21. The number of benzene rings is 6. The van der Waals surface area contributed by atoms with E-state index in [1.807, 2.05) is 108 Å². The molecule has 99 heavy (non-hydrogen) atoms. The Labute approximate surface area is 568 Å². The van der Waals surface area contributed by atoms with Gasteiger partial charge in [0.2, 0.25) is 0 Å². The van der Waals surface area contributed by atoms with Gasteiger partial charge in [0.15, 0.2) is 0 Å². The lowest BCUT2D eigenvalue weighted by Gasteiger charge is -2.22. The van der Waals surface area contributed by atoms with Gasteiger partial charge in [-0.2, -0.15) is 0 Å². The number of carbonyl (C=O) groups is 7. The molecule has 0 amide bonds. The molecule has 26 nitrogen and oxygen atoms in total. The molecule has 520 valence electrons. The highest BCUT2D eigenvalue weighted by Crippen LogP contribution is 2.42. The first kappa shape index (κ1) is 70.2. The van der Waals surface area contributed by atoms with Crippen LogP contribution in [0, 0.1) is 12.3 Å². The second-order valence-corrected chi connectivity index (χ2v) is 27.2. The first-order valence-electron chi connectivity index (χ1n) is 31.9. The van der Waals surface area contributed by atoms with Crippen molar-refractivity contribution in [2.45, 2.75) is 127 Å². The highest BCUT2D eigenvalue weighted by atomic mass is 16.6. The number of hydrogen-bond acceptors (Lipinski definition) is 17. The monoisotopic (exact) mass is 1360 g/mol. The molecule has 0 radical (unpaired) electrons. The molecule has 0 aliphatic heterocycles. The van der Waals surface area contributed by atoms with Crippen molar-refractivity contribution in [3.05, 3.63) is 162 Å². The van der Waals surface area contributed by atoms with E-state index in [1.165, 1.54) is 6.92 Å². The Bertz CT molecular complexity index is 5090. The van der Waals surface area contributed by atoms with Gasteiger partial charge in [-0.05, 0) is 143 Å². The van der Waals surface area contributed by atoms with Gasteiger partial charge in [-0.25, -0.2) is 14.4 Å². The van der Waals surface area contributed by atoms with Crippen LogP contribution in [0.1, 0.15) is 124 Å². The van der Waals surface area contributed by atoms with Crippen molar-refractivity contribution in [3.63, 3.8) is 0 Å². The summed E-state index contributed by atoms with van der Waals surface area (Å²) in [6.07, 6.45) is 2.20. The molecule has 0 spiro atoms. The number of phenolic OH excluding ortho intramolecular Hbond substituents is 3. The third kappa shape index (κ3) is 15.0. The van der Waals surface area contributed by atoms with E-state index in [-0.39, 0.29) is 84.5 Å². The van der Waals surface area contributed by atoms with Gasteiger partial charge in [0.1, 0.15) is 111 Å². The van der Waals surface area contributed by atoms with E-state index >= 15 is 0 Å². The van der Waals surface area contributed by atoms with Crippen LogP contribution in [0.3, 0.4) is 0 Å². The first-order chi connectivity index (χ1) is 46.6. The van der Waals surface area contributed by atoms with Crippen LogP contribution in [0.5, 0.6) is 34.5 Å². The zero-order chi connectivity index (χ0) is 72.1. The zero-order valence-electron chi connectivity index (χ0n) is 57.7. The Balaban J connectivity index is 0.000000163. The van der Waals surface area contributed by atoms with Crippen LogP contribution in [0.2, 0.25) is 0 Å². The van der Waals surface area contributed by atoms with Crippen LogP contribution in [0.15, 0.2) is 134 Å². The Hall–Kier alpha value is -11.6. The minimum absolute atomic E-state index is 0.0261. The summed E-state index contributed by atoms with van der Waals surface area (Å²) >= 11 is 0. The predicted molar refractivity (Wildman–Crippen MR) is 366 cm³/mol. The van der Waals surface area contributed by atoms with E-state index < -0.39 is 41.2 Å². The molecule has 0 bridgehead atoms. The van der Waals surface area contributed by atoms with Gasteiger partial charge in [-0.15, -0.1) is 42.2 Å². The lowest BCUT2D eigenvalue weighted by molar-refractivity contribution is -0.150. The molecule has 6 heterocycles. The van der Waals surface area contributed by atoms with Crippen molar-refractivity contribution < 1.29 is 82.0 Å². The number of esters is 7.